The Hall–Kier alpha value is -2.81. The number of nitrogens with two attached hydrogens (primary N) is 1. The summed E-state index contributed by atoms with van der Waals surface area (Å²) < 4.78 is 6.33. The lowest BCUT2D eigenvalue weighted by molar-refractivity contribution is 0.0526. The molecule has 0 saturated carbocycles. The summed E-state index contributed by atoms with van der Waals surface area (Å²) in [5.41, 5.74) is 7.10. The van der Waals surface area contributed by atoms with Crippen molar-refractivity contribution in [2.75, 3.05) is 12.3 Å². The number of carbonyl (C=O) groups is 1. The highest BCUT2D eigenvalue weighted by atomic mass is 16.5. The van der Waals surface area contributed by atoms with Crippen molar-refractivity contribution in [3.63, 3.8) is 0 Å². The Labute approximate surface area is 110 Å². The second-order valence-corrected chi connectivity index (χ2v) is 3.74. The second-order valence-electron chi connectivity index (χ2n) is 3.74. The molecule has 0 saturated heterocycles. The van der Waals surface area contributed by atoms with Crippen LogP contribution in [0.5, 0.6) is 0 Å². The van der Waals surface area contributed by atoms with Gasteiger partial charge in [0.05, 0.1) is 24.1 Å². The van der Waals surface area contributed by atoms with E-state index in [1.807, 2.05) is 6.07 Å². The average molecular weight is 256 g/mol. The maximum Gasteiger partial charge on any atom is 0.338 e. The molecule has 2 N–H and O–H groups in total. The van der Waals surface area contributed by atoms with Gasteiger partial charge in [0.1, 0.15) is 17.5 Å². The Balaban J connectivity index is 2.41. The molecule has 6 nitrogen and oxygen atoms in total. The topological polar surface area (TPSA) is 93.9 Å². The Bertz CT molecular complexity index is 655. The van der Waals surface area contributed by atoms with Crippen LogP contribution in [0.4, 0.5) is 5.82 Å². The number of nitrogen functional groups attached to an aromatic ring is 1. The van der Waals surface area contributed by atoms with Crippen molar-refractivity contribution in [1.29, 1.82) is 5.26 Å². The van der Waals surface area contributed by atoms with Crippen molar-refractivity contribution in [3.8, 4) is 11.8 Å². The normalized spacial score (nSPS) is 9.89. The molecular formula is C13H12N4O2. The van der Waals surface area contributed by atoms with Crippen LogP contribution in [0.25, 0.3) is 5.69 Å². The molecule has 1 aromatic heterocycles. The molecule has 0 bridgehead atoms. The van der Waals surface area contributed by atoms with Gasteiger partial charge in [0.25, 0.3) is 0 Å². The van der Waals surface area contributed by atoms with Crippen LogP contribution in [0.1, 0.15) is 22.8 Å². The third-order valence-corrected chi connectivity index (χ3v) is 2.53. The van der Waals surface area contributed by atoms with Gasteiger partial charge in [0.2, 0.25) is 0 Å². The zero-order valence-electron chi connectivity index (χ0n) is 10.3. The molecule has 96 valence electrons. The Kier molecular flexibility index (Phi) is 3.48. The largest absolute Gasteiger partial charge is 0.462 e. The number of hydrogen-bond acceptors (Lipinski definition) is 5. The van der Waals surface area contributed by atoms with Crippen LogP contribution in [0, 0.1) is 11.3 Å². The van der Waals surface area contributed by atoms with Gasteiger partial charge >= 0.3 is 5.97 Å². The Morgan fingerprint density at radius 3 is 3.00 bits per heavy atom. The fraction of sp³-hybridized carbons (Fsp3) is 0.154. The lowest BCUT2D eigenvalue weighted by Crippen LogP contribution is -2.07. The first-order valence-electron chi connectivity index (χ1n) is 5.68. The first-order chi connectivity index (χ1) is 9.17. The van der Waals surface area contributed by atoms with E-state index >= 15 is 0 Å². The molecule has 2 rings (SSSR count). The number of aromatic nitrogens is 2. The predicted octanol–water partition coefficient (Wildman–Crippen LogP) is 1.50. The van der Waals surface area contributed by atoms with Crippen LogP contribution in [-0.2, 0) is 4.74 Å². The lowest BCUT2D eigenvalue weighted by atomic mass is 10.2. The number of ether oxygens (including phenoxy) is 1. The van der Waals surface area contributed by atoms with E-state index in [1.54, 1.807) is 31.2 Å². The first kappa shape index (κ1) is 12.6. The molecule has 0 spiro atoms. The monoisotopic (exact) mass is 256 g/mol. The van der Waals surface area contributed by atoms with Gasteiger partial charge in [0.15, 0.2) is 0 Å². The van der Waals surface area contributed by atoms with E-state index in [1.165, 1.54) is 10.9 Å². The summed E-state index contributed by atoms with van der Waals surface area (Å²) in [4.78, 5) is 11.6. The molecule has 0 amide bonds. The molecule has 0 aliphatic carbocycles. The lowest BCUT2D eigenvalue weighted by Gasteiger charge is -2.06. The second kappa shape index (κ2) is 5.23. The minimum Gasteiger partial charge on any atom is -0.462 e. The van der Waals surface area contributed by atoms with Crippen LogP contribution < -0.4 is 5.73 Å². The summed E-state index contributed by atoms with van der Waals surface area (Å²) in [6, 6.07) is 8.65. The molecule has 6 heteroatoms. The van der Waals surface area contributed by atoms with E-state index in [4.69, 9.17) is 15.7 Å². The summed E-state index contributed by atoms with van der Waals surface area (Å²) in [7, 11) is 0. The van der Waals surface area contributed by atoms with Gasteiger partial charge in [0, 0.05) is 0 Å². The fourth-order valence-electron chi connectivity index (χ4n) is 1.63. The highest BCUT2D eigenvalue weighted by molar-refractivity contribution is 5.90. The van der Waals surface area contributed by atoms with Crippen molar-refractivity contribution in [2.45, 2.75) is 6.92 Å². The minimum atomic E-state index is -0.407. The van der Waals surface area contributed by atoms with Crippen molar-refractivity contribution in [1.82, 2.24) is 9.78 Å². The molecule has 0 fully saturated rings. The van der Waals surface area contributed by atoms with Gasteiger partial charge in [-0.25, -0.2) is 9.48 Å². The number of benzene rings is 1. The van der Waals surface area contributed by atoms with E-state index in [9.17, 15) is 4.79 Å². The standard InChI is InChI=1S/C13H12N4O2/c1-2-19-13(18)9-4-3-5-11(6-9)17-12(15)10(7-14)8-16-17/h3-6,8H,2,15H2,1H3. The van der Waals surface area contributed by atoms with E-state index in [-0.39, 0.29) is 5.82 Å². The third-order valence-electron chi connectivity index (χ3n) is 2.53. The van der Waals surface area contributed by atoms with E-state index in [0.717, 1.165) is 0 Å². The van der Waals surface area contributed by atoms with Crippen molar-refractivity contribution in [2.24, 2.45) is 0 Å². The summed E-state index contributed by atoms with van der Waals surface area (Å²) in [6.45, 7) is 2.05. The number of hydrogen-bond donors (Lipinski definition) is 1. The summed E-state index contributed by atoms with van der Waals surface area (Å²) in [5, 5.41) is 12.9. The van der Waals surface area contributed by atoms with Gasteiger partial charge in [-0.1, -0.05) is 6.07 Å². The number of nitrogens with zero attached hydrogens (tertiary/aromatic N) is 3. The van der Waals surface area contributed by atoms with E-state index < -0.39 is 5.97 Å². The summed E-state index contributed by atoms with van der Waals surface area (Å²) >= 11 is 0. The summed E-state index contributed by atoms with van der Waals surface area (Å²) in [6.07, 6.45) is 1.38. The van der Waals surface area contributed by atoms with E-state index in [2.05, 4.69) is 5.10 Å². The zero-order valence-corrected chi connectivity index (χ0v) is 10.3. The molecule has 19 heavy (non-hydrogen) atoms. The molecule has 0 radical (unpaired) electrons. The Morgan fingerprint density at radius 2 is 2.37 bits per heavy atom. The first-order valence-corrected chi connectivity index (χ1v) is 5.68. The van der Waals surface area contributed by atoms with Crippen LogP contribution in [0.15, 0.2) is 30.5 Å². The van der Waals surface area contributed by atoms with Crippen molar-refractivity contribution >= 4 is 11.8 Å². The highest BCUT2D eigenvalue weighted by Gasteiger charge is 2.11. The number of nitriles is 1. The maximum atomic E-state index is 11.6. The third kappa shape index (κ3) is 2.40. The van der Waals surface area contributed by atoms with Gasteiger partial charge in [-0.2, -0.15) is 10.4 Å². The molecule has 1 aromatic carbocycles. The van der Waals surface area contributed by atoms with Crippen LogP contribution in [0.2, 0.25) is 0 Å². The van der Waals surface area contributed by atoms with Gasteiger partial charge in [-0.3, -0.25) is 0 Å². The number of anilines is 1. The number of esters is 1. The SMILES string of the molecule is CCOC(=O)c1cccc(-n2ncc(C#N)c2N)c1. The molecule has 2 aromatic rings. The zero-order chi connectivity index (χ0) is 13.8. The number of rotatable bonds is 3. The highest BCUT2D eigenvalue weighted by Crippen LogP contribution is 2.17. The quantitative estimate of drug-likeness (QED) is 0.840. The number of carbonyl (C=O) groups excluding carboxylic acids is 1. The molecule has 0 aliphatic heterocycles. The average Bonchev–Trinajstić information content (AvgIpc) is 2.80. The van der Waals surface area contributed by atoms with Gasteiger partial charge < -0.3 is 10.5 Å². The Morgan fingerprint density at radius 1 is 1.58 bits per heavy atom. The minimum absolute atomic E-state index is 0.239. The van der Waals surface area contributed by atoms with Gasteiger partial charge in [-0.15, -0.1) is 0 Å². The van der Waals surface area contributed by atoms with Gasteiger partial charge in [-0.05, 0) is 25.1 Å². The molecule has 0 aliphatic rings. The molecule has 0 unspecified atom stereocenters. The van der Waals surface area contributed by atoms with Crippen LogP contribution in [0.3, 0.4) is 0 Å². The molecule has 1 heterocycles. The molecule has 0 atom stereocenters. The van der Waals surface area contributed by atoms with Crippen LogP contribution >= 0.6 is 0 Å². The van der Waals surface area contributed by atoms with Crippen LogP contribution in [-0.4, -0.2) is 22.4 Å². The van der Waals surface area contributed by atoms with Crippen molar-refractivity contribution in [3.05, 3.63) is 41.6 Å². The maximum absolute atomic E-state index is 11.6. The molecular weight excluding hydrogens is 244 g/mol. The van der Waals surface area contributed by atoms with Crippen molar-refractivity contribution < 1.29 is 9.53 Å². The summed E-state index contributed by atoms with van der Waals surface area (Å²) in [5.74, 6) is -0.168. The van der Waals surface area contributed by atoms with E-state index in [0.29, 0.717) is 23.4 Å². The fourth-order valence-corrected chi connectivity index (χ4v) is 1.63. The smallest absolute Gasteiger partial charge is 0.338 e. The predicted molar refractivity (Wildman–Crippen MR) is 68.6 cm³/mol.